The van der Waals surface area contributed by atoms with Crippen LogP contribution in [0.25, 0.3) is 11.0 Å². The van der Waals surface area contributed by atoms with Gasteiger partial charge in [0.2, 0.25) is 0 Å². The SMILES string of the molecule is Cn1cnc2c(NC(=O)c3cc(C=O)cn(CC(F)(F)F)c3=O)cc(Br)cc21. The third kappa shape index (κ3) is 3.98. The molecule has 0 aliphatic carbocycles. The van der Waals surface area contributed by atoms with Gasteiger partial charge < -0.3 is 14.5 Å². The van der Waals surface area contributed by atoms with Gasteiger partial charge in [-0.1, -0.05) is 15.9 Å². The number of imidazole rings is 1. The number of hydrogen-bond acceptors (Lipinski definition) is 4. The lowest BCUT2D eigenvalue weighted by atomic mass is 10.2. The predicted octanol–water partition coefficient (Wildman–Crippen LogP) is 3.12. The van der Waals surface area contributed by atoms with Crippen molar-refractivity contribution in [1.29, 1.82) is 0 Å². The molecule has 0 aliphatic heterocycles. The number of aryl methyl sites for hydroxylation is 1. The highest BCUT2D eigenvalue weighted by molar-refractivity contribution is 9.10. The molecule has 2 heterocycles. The highest BCUT2D eigenvalue weighted by Crippen LogP contribution is 2.27. The zero-order chi connectivity index (χ0) is 20.6. The maximum absolute atomic E-state index is 12.7. The number of carbonyl (C=O) groups is 2. The number of nitrogens with one attached hydrogen (secondary N) is 1. The first kappa shape index (κ1) is 19.8. The van der Waals surface area contributed by atoms with Gasteiger partial charge >= 0.3 is 6.18 Å². The van der Waals surface area contributed by atoms with E-state index in [1.165, 1.54) is 6.33 Å². The lowest BCUT2D eigenvalue weighted by Gasteiger charge is -2.12. The van der Waals surface area contributed by atoms with Crippen molar-refractivity contribution in [2.24, 2.45) is 7.05 Å². The molecular weight excluding hydrogens is 445 g/mol. The summed E-state index contributed by atoms with van der Waals surface area (Å²) >= 11 is 3.30. The van der Waals surface area contributed by atoms with Crippen LogP contribution in [0, 0.1) is 0 Å². The van der Waals surface area contributed by atoms with Crippen molar-refractivity contribution in [2.75, 3.05) is 5.32 Å². The average Bonchev–Trinajstić information content (AvgIpc) is 2.96. The molecule has 3 aromatic rings. The van der Waals surface area contributed by atoms with Crippen LogP contribution in [-0.2, 0) is 13.6 Å². The van der Waals surface area contributed by atoms with Crippen LogP contribution >= 0.6 is 15.9 Å². The average molecular weight is 457 g/mol. The molecule has 0 saturated carbocycles. The molecule has 11 heteroatoms. The minimum Gasteiger partial charge on any atom is -0.334 e. The number of benzene rings is 1. The number of anilines is 1. The van der Waals surface area contributed by atoms with Crippen molar-refractivity contribution in [1.82, 2.24) is 14.1 Å². The number of fused-ring (bicyclic) bond motifs is 1. The van der Waals surface area contributed by atoms with E-state index < -0.39 is 29.8 Å². The van der Waals surface area contributed by atoms with Gasteiger partial charge in [-0.05, 0) is 18.2 Å². The Hall–Kier alpha value is -2.95. The largest absolute Gasteiger partial charge is 0.406 e. The zero-order valence-corrected chi connectivity index (χ0v) is 15.8. The molecule has 3 rings (SSSR count). The first-order chi connectivity index (χ1) is 13.1. The standard InChI is InChI=1S/C17H12BrF3N4O3/c1-24-8-22-14-12(3-10(18)4-13(14)24)23-15(27)11-2-9(6-26)5-25(16(11)28)7-17(19,20)21/h2-6,8H,7H2,1H3,(H,23,27). The molecule has 0 unspecified atom stereocenters. The minimum absolute atomic E-state index is 0.230. The van der Waals surface area contributed by atoms with Crippen molar-refractivity contribution < 1.29 is 22.8 Å². The van der Waals surface area contributed by atoms with E-state index in [2.05, 4.69) is 26.2 Å². The molecule has 2 aromatic heterocycles. The van der Waals surface area contributed by atoms with Gasteiger partial charge in [0.25, 0.3) is 11.5 Å². The fraction of sp³-hybridized carbons (Fsp3) is 0.176. The Kier molecular flexibility index (Phi) is 5.11. The van der Waals surface area contributed by atoms with Crippen molar-refractivity contribution >= 4 is 44.8 Å². The maximum Gasteiger partial charge on any atom is 0.406 e. The van der Waals surface area contributed by atoms with E-state index in [0.29, 0.717) is 15.5 Å². The summed E-state index contributed by atoms with van der Waals surface area (Å²) in [6.45, 7) is -1.62. The minimum atomic E-state index is -4.69. The van der Waals surface area contributed by atoms with E-state index >= 15 is 0 Å². The van der Waals surface area contributed by atoms with Crippen LogP contribution in [0.15, 0.2) is 40.0 Å². The van der Waals surface area contributed by atoms with Crippen molar-refractivity contribution in [3.05, 3.63) is 56.7 Å². The molecule has 146 valence electrons. The van der Waals surface area contributed by atoms with Crippen LogP contribution in [0.1, 0.15) is 20.7 Å². The van der Waals surface area contributed by atoms with Gasteiger partial charge in [-0.25, -0.2) is 4.98 Å². The first-order valence-corrected chi connectivity index (χ1v) is 8.56. The molecule has 0 bridgehead atoms. The number of halogens is 4. The number of rotatable bonds is 4. The Morgan fingerprint density at radius 1 is 1.32 bits per heavy atom. The van der Waals surface area contributed by atoms with Crippen LogP contribution in [0.2, 0.25) is 0 Å². The highest BCUT2D eigenvalue weighted by Gasteiger charge is 2.29. The van der Waals surface area contributed by atoms with E-state index in [-0.39, 0.29) is 22.1 Å². The van der Waals surface area contributed by atoms with Crippen LogP contribution < -0.4 is 10.9 Å². The first-order valence-electron chi connectivity index (χ1n) is 7.77. The zero-order valence-electron chi connectivity index (χ0n) is 14.2. The van der Waals surface area contributed by atoms with E-state index in [1.807, 2.05) is 0 Å². The maximum atomic E-state index is 12.7. The molecule has 0 fully saturated rings. The molecule has 7 nitrogen and oxygen atoms in total. The molecule has 0 aliphatic rings. The van der Waals surface area contributed by atoms with Crippen molar-refractivity contribution in [3.8, 4) is 0 Å². The van der Waals surface area contributed by atoms with Gasteiger partial charge in [0.05, 0.1) is 17.5 Å². The monoisotopic (exact) mass is 456 g/mol. The Balaban J connectivity index is 2.05. The lowest BCUT2D eigenvalue weighted by molar-refractivity contribution is -0.141. The lowest BCUT2D eigenvalue weighted by Crippen LogP contribution is -2.33. The smallest absolute Gasteiger partial charge is 0.334 e. The molecule has 1 N–H and O–H groups in total. The number of aromatic nitrogens is 3. The molecule has 0 atom stereocenters. The number of hydrogen-bond donors (Lipinski definition) is 1. The molecule has 0 radical (unpaired) electrons. The van der Waals surface area contributed by atoms with E-state index in [0.717, 1.165) is 12.3 Å². The summed E-state index contributed by atoms with van der Waals surface area (Å²) in [6, 6.07) is 4.26. The van der Waals surface area contributed by atoms with Crippen molar-refractivity contribution in [3.63, 3.8) is 0 Å². The Morgan fingerprint density at radius 2 is 2.04 bits per heavy atom. The number of amides is 1. The molecule has 1 amide bonds. The van der Waals surface area contributed by atoms with Gasteiger partial charge in [0.15, 0.2) is 6.29 Å². The summed E-state index contributed by atoms with van der Waals surface area (Å²) in [5.74, 6) is -0.949. The van der Waals surface area contributed by atoms with Gasteiger partial charge in [-0.15, -0.1) is 0 Å². The van der Waals surface area contributed by atoms with E-state index in [4.69, 9.17) is 0 Å². The van der Waals surface area contributed by atoms with E-state index in [9.17, 15) is 27.6 Å². The second-order valence-corrected chi connectivity index (χ2v) is 6.90. The second kappa shape index (κ2) is 7.23. The third-order valence-corrected chi connectivity index (χ3v) is 4.34. The van der Waals surface area contributed by atoms with Crippen LogP contribution in [0.4, 0.5) is 18.9 Å². The van der Waals surface area contributed by atoms with Crippen LogP contribution in [-0.4, -0.2) is 32.5 Å². The van der Waals surface area contributed by atoms with Crippen LogP contribution in [0.3, 0.4) is 0 Å². The molecule has 28 heavy (non-hydrogen) atoms. The van der Waals surface area contributed by atoms with Gasteiger partial charge in [-0.2, -0.15) is 13.2 Å². The topological polar surface area (TPSA) is 86.0 Å². The summed E-state index contributed by atoms with van der Waals surface area (Å²) in [7, 11) is 1.75. The van der Waals surface area contributed by atoms with Gasteiger partial charge in [0.1, 0.15) is 17.6 Å². The van der Waals surface area contributed by atoms with Crippen molar-refractivity contribution in [2.45, 2.75) is 12.7 Å². The summed E-state index contributed by atoms with van der Waals surface area (Å²) in [5.41, 5.74) is -0.605. The summed E-state index contributed by atoms with van der Waals surface area (Å²) < 4.78 is 40.7. The van der Waals surface area contributed by atoms with E-state index in [1.54, 1.807) is 23.7 Å². The molecule has 1 aromatic carbocycles. The molecular formula is C17H12BrF3N4O3. The number of alkyl halides is 3. The second-order valence-electron chi connectivity index (χ2n) is 5.98. The summed E-state index contributed by atoms with van der Waals surface area (Å²) in [5, 5.41) is 2.48. The number of carbonyl (C=O) groups excluding carboxylic acids is 2. The molecule has 0 spiro atoms. The third-order valence-electron chi connectivity index (χ3n) is 3.88. The Labute approximate surface area is 163 Å². The number of aldehydes is 1. The molecule has 0 saturated heterocycles. The summed E-state index contributed by atoms with van der Waals surface area (Å²) in [4.78, 5) is 40.2. The fourth-order valence-electron chi connectivity index (χ4n) is 2.68. The van der Waals surface area contributed by atoms with Gasteiger partial charge in [-0.3, -0.25) is 14.4 Å². The fourth-order valence-corrected chi connectivity index (χ4v) is 3.12. The normalized spacial score (nSPS) is 11.6. The summed E-state index contributed by atoms with van der Waals surface area (Å²) in [6.07, 6.45) is -2.14. The van der Waals surface area contributed by atoms with Gasteiger partial charge in [0, 0.05) is 23.3 Å². The highest BCUT2D eigenvalue weighted by atomic mass is 79.9. The quantitative estimate of drug-likeness (QED) is 0.611. The Bertz CT molecular complexity index is 1150. The Morgan fingerprint density at radius 3 is 2.68 bits per heavy atom. The van der Waals surface area contributed by atoms with Crippen LogP contribution in [0.5, 0.6) is 0 Å². The number of pyridine rings is 1. The number of nitrogens with zero attached hydrogens (tertiary/aromatic N) is 3. The predicted molar refractivity (Wildman–Crippen MR) is 98.5 cm³/mol.